The third kappa shape index (κ3) is 6.55. The number of rotatable bonds is 12. The molecule has 0 unspecified atom stereocenters. The van der Waals surface area contributed by atoms with E-state index >= 15 is 0 Å². The molecule has 2 aromatic heterocycles. The third-order valence-corrected chi connectivity index (χ3v) is 6.70. The van der Waals surface area contributed by atoms with Crippen LogP contribution in [0.3, 0.4) is 0 Å². The third-order valence-electron chi connectivity index (χ3n) is 6.70. The predicted molar refractivity (Wildman–Crippen MR) is 144 cm³/mol. The van der Waals surface area contributed by atoms with Gasteiger partial charge in [0.05, 0.1) is 25.9 Å². The monoisotopic (exact) mass is 561 g/mol. The Bertz CT molecular complexity index is 1330. The van der Waals surface area contributed by atoms with Crippen LogP contribution < -0.4 is 36.6 Å². The van der Waals surface area contributed by atoms with Gasteiger partial charge < -0.3 is 37.0 Å². The molecular weight excluding hydrogens is 522 g/mol. The van der Waals surface area contributed by atoms with Gasteiger partial charge in [0.2, 0.25) is 5.78 Å². The largest absolute Gasteiger partial charge is 1.00 e. The van der Waals surface area contributed by atoms with Crippen molar-refractivity contribution in [1.82, 2.24) is 14.7 Å². The Morgan fingerprint density at radius 1 is 1.21 bits per heavy atom. The summed E-state index contributed by atoms with van der Waals surface area (Å²) in [4.78, 5) is 13.8. The average molecular weight is 562 g/mol. The van der Waals surface area contributed by atoms with E-state index in [0.717, 1.165) is 35.2 Å². The van der Waals surface area contributed by atoms with E-state index in [4.69, 9.17) is 24.4 Å². The summed E-state index contributed by atoms with van der Waals surface area (Å²) in [6.07, 6.45) is 2.64. The molecule has 0 spiro atoms. The van der Waals surface area contributed by atoms with Crippen LogP contribution in [0.1, 0.15) is 74.0 Å². The van der Waals surface area contributed by atoms with Gasteiger partial charge in [0, 0.05) is 35.8 Å². The number of carbonyl (C=O) groups is 1. The van der Waals surface area contributed by atoms with E-state index in [1.54, 1.807) is 22.4 Å². The van der Waals surface area contributed by atoms with E-state index in [2.05, 4.69) is 26.1 Å². The molecule has 0 aliphatic heterocycles. The van der Waals surface area contributed by atoms with Gasteiger partial charge in [-0.2, -0.15) is 0 Å². The second-order valence-corrected chi connectivity index (χ2v) is 10.8. The Morgan fingerprint density at radius 2 is 1.92 bits per heavy atom. The molecular formula is C28H40ClN5O5. The molecule has 1 aliphatic carbocycles. The Labute approximate surface area is 236 Å². The molecule has 3 aromatic rings. The highest BCUT2D eigenvalue weighted by molar-refractivity contribution is 5.96. The number of fused-ring (bicyclic) bond motifs is 1. The normalized spacial score (nSPS) is 13.2. The molecule has 1 fully saturated rings. The first-order valence-corrected chi connectivity index (χ1v) is 13.3. The highest BCUT2D eigenvalue weighted by atomic mass is 35.5. The number of aliphatic hydroxyl groups excluding tert-OH is 1. The van der Waals surface area contributed by atoms with Crippen LogP contribution in [0.4, 0.5) is 5.95 Å². The molecule has 1 aromatic carbocycles. The number of Topliss-reactive ketones (excluding diaryl/α,β-unsaturated/α-hetero) is 1. The number of methoxy groups -OCH3 is 1. The molecule has 11 heteroatoms. The number of hydrogen-bond donors (Lipinski definition) is 2. The van der Waals surface area contributed by atoms with E-state index in [1.807, 2.05) is 26.8 Å². The molecule has 39 heavy (non-hydrogen) atoms. The van der Waals surface area contributed by atoms with Gasteiger partial charge in [0.15, 0.2) is 18.0 Å². The van der Waals surface area contributed by atoms with E-state index in [-0.39, 0.29) is 36.8 Å². The van der Waals surface area contributed by atoms with Crippen molar-refractivity contribution >= 4 is 17.4 Å². The van der Waals surface area contributed by atoms with Crippen molar-refractivity contribution in [3.8, 4) is 17.4 Å². The van der Waals surface area contributed by atoms with E-state index in [9.17, 15) is 9.90 Å². The minimum atomic E-state index is -0.292. The van der Waals surface area contributed by atoms with Gasteiger partial charge in [-0.15, -0.1) is 4.68 Å². The second kappa shape index (κ2) is 12.4. The lowest BCUT2D eigenvalue weighted by atomic mass is 9.84. The van der Waals surface area contributed by atoms with Crippen molar-refractivity contribution in [2.75, 3.05) is 32.2 Å². The standard InChI is InChI=1S/C28H40N5O5.ClH/c1-8-37-25-17(2)18(3)26-32(31-27(33(26)30-25)29-20-10-11-20)16-22(35)19-14-21(28(4,5)6)24(36-7)23(15-19)38-13-9-12-34;/h14-15,20,34H,8-13,16H2,1-7H3,(H,29,31);1H/q+1;/p-1. The summed E-state index contributed by atoms with van der Waals surface area (Å²) in [6.45, 7) is 13.0. The maximum Gasteiger partial charge on any atom is 0.358 e. The lowest BCUT2D eigenvalue weighted by Gasteiger charge is -2.25. The number of halogens is 1. The molecule has 0 bridgehead atoms. The summed E-state index contributed by atoms with van der Waals surface area (Å²) >= 11 is 0. The lowest BCUT2D eigenvalue weighted by Crippen LogP contribution is -3.00. The zero-order valence-electron chi connectivity index (χ0n) is 23.9. The number of aliphatic hydroxyl groups is 1. The SMILES string of the molecule is CCOc1nn2c(NC3CC3)n[n+](CC(=O)c3cc(OCCCO)c(OC)c(C(C)(C)C)c3)c2c(C)c1C.[Cl-]. The number of benzene rings is 1. The number of hydrogen-bond acceptors (Lipinski definition) is 8. The molecule has 1 aliphatic rings. The van der Waals surface area contributed by atoms with Crippen molar-refractivity contribution in [2.45, 2.75) is 78.8 Å². The maximum absolute atomic E-state index is 13.8. The highest BCUT2D eigenvalue weighted by Crippen LogP contribution is 2.40. The smallest absolute Gasteiger partial charge is 0.358 e. The zero-order chi connectivity index (χ0) is 27.6. The number of aryl methyl sites for hydroxylation is 1. The van der Waals surface area contributed by atoms with Crippen LogP contribution in [0.2, 0.25) is 0 Å². The molecule has 2 heterocycles. The molecule has 0 atom stereocenters. The van der Waals surface area contributed by atoms with Gasteiger partial charge in [-0.1, -0.05) is 25.3 Å². The Kier molecular flexibility index (Phi) is 9.66. The molecule has 214 valence electrons. The van der Waals surface area contributed by atoms with Crippen molar-refractivity contribution in [3.63, 3.8) is 0 Å². The van der Waals surface area contributed by atoms with Gasteiger partial charge in [-0.05, 0) is 61.4 Å². The van der Waals surface area contributed by atoms with E-state index in [0.29, 0.717) is 54.6 Å². The number of aromatic nitrogens is 4. The lowest BCUT2D eigenvalue weighted by molar-refractivity contribution is -0.714. The first-order chi connectivity index (χ1) is 18.1. The van der Waals surface area contributed by atoms with Crippen LogP contribution in [0.25, 0.3) is 5.65 Å². The quantitative estimate of drug-likeness (QED) is 0.187. The van der Waals surface area contributed by atoms with Gasteiger partial charge in [-0.3, -0.25) is 4.79 Å². The van der Waals surface area contributed by atoms with Crippen LogP contribution in [-0.2, 0) is 12.0 Å². The van der Waals surface area contributed by atoms with Gasteiger partial charge >= 0.3 is 11.6 Å². The molecule has 10 nitrogen and oxygen atoms in total. The summed E-state index contributed by atoms with van der Waals surface area (Å²) in [7, 11) is 1.60. The van der Waals surface area contributed by atoms with Crippen molar-refractivity contribution in [3.05, 3.63) is 34.4 Å². The van der Waals surface area contributed by atoms with Crippen LogP contribution in [0.15, 0.2) is 12.1 Å². The van der Waals surface area contributed by atoms with Gasteiger partial charge in [-0.25, -0.2) is 0 Å². The van der Waals surface area contributed by atoms with E-state index in [1.165, 1.54) is 0 Å². The average Bonchev–Trinajstić information content (AvgIpc) is 3.62. The highest BCUT2D eigenvalue weighted by Gasteiger charge is 2.33. The fraction of sp³-hybridized carbons (Fsp3) is 0.571. The predicted octanol–water partition coefficient (Wildman–Crippen LogP) is 0.561. The number of nitrogens with one attached hydrogen (secondary N) is 1. The van der Waals surface area contributed by atoms with Crippen LogP contribution in [-0.4, -0.2) is 58.6 Å². The molecule has 4 rings (SSSR count). The topological polar surface area (TPSA) is 111 Å². The van der Waals surface area contributed by atoms with Gasteiger partial charge in [0.25, 0.3) is 5.88 Å². The molecule has 0 radical (unpaired) electrons. The molecule has 1 saturated carbocycles. The number of nitrogens with zero attached hydrogens (tertiary/aromatic N) is 4. The molecule has 0 saturated heterocycles. The molecule has 0 amide bonds. The Balaban J connectivity index is 0.00000420. The first kappa shape index (κ1) is 30.4. The molecule has 2 N–H and O–H groups in total. The summed E-state index contributed by atoms with van der Waals surface area (Å²) in [6, 6.07) is 3.96. The Morgan fingerprint density at radius 3 is 2.51 bits per heavy atom. The summed E-state index contributed by atoms with van der Waals surface area (Å²) < 4.78 is 20.9. The minimum Gasteiger partial charge on any atom is -1.00 e. The van der Waals surface area contributed by atoms with E-state index < -0.39 is 0 Å². The van der Waals surface area contributed by atoms with Crippen LogP contribution >= 0.6 is 0 Å². The number of ether oxygens (including phenoxy) is 3. The fourth-order valence-electron chi connectivity index (χ4n) is 4.35. The van der Waals surface area contributed by atoms with Crippen molar-refractivity contribution in [1.29, 1.82) is 0 Å². The van der Waals surface area contributed by atoms with Crippen LogP contribution in [0, 0.1) is 13.8 Å². The second-order valence-electron chi connectivity index (χ2n) is 10.8. The maximum atomic E-state index is 13.8. The summed E-state index contributed by atoms with van der Waals surface area (Å²) in [5.74, 6) is 2.13. The van der Waals surface area contributed by atoms with Crippen LogP contribution in [0.5, 0.6) is 17.4 Å². The number of anilines is 1. The summed E-state index contributed by atoms with van der Waals surface area (Å²) in [5, 5.41) is 22.1. The van der Waals surface area contributed by atoms with Crippen molar-refractivity contribution < 1.29 is 41.2 Å². The van der Waals surface area contributed by atoms with Crippen molar-refractivity contribution in [2.24, 2.45) is 0 Å². The number of ketones is 1. The minimum absolute atomic E-state index is 0. The number of carbonyl (C=O) groups excluding carboxylic acids is 1. The first-order valence-electron chi connectivity index (χ1n) is 13.3. The van der Waals surface area contributed by atoms with Gasteiger partial charge in [0.1, 0.15) is 0 Å². The fourth-order valence-corrected chi connectivity index (χ4v) is 4.35. The zero-order valence-corrected chi connectivity index (χ0v) is 24.7. The Hall–Kier alpha value is -3.11. The summed E-state index contributed by atoms with van der Waals surface area (Å²) in [5.41, 5.74) is 3.69.